The fraction of sp³-hybridized carbons (Fsp3) is 0.455. The second-order valence-corrected chi connectivity index (χ2v) is 3.26. The van der Waals surface area contributed by atoms with Crippen LogP contribution in [0.15, 0.2) is 12.1 Å². The van der Waals surface area contributed by atoms with Crippen LogP contribution in [0.1, 0.15) is 11.1 Å². The minimum atomic E-state index is 0.466. The Hall–Kier alpha value is -1.26. The van der Waals surface area contributed by atoms with E-state index in [-0.39, 0.29) is 0 Å². The third-order valence-electron chi connectivity index (χ3n) is 2.30. The molecule has 0 radical (unpaired) electrons. The summed E-state index contributed by atoms with van der Waals surface area (Å²) in [5, 5.41) is 3.08. The van der Waals surface area contributed by atoms with Gasteiger partial charge in [-0.1, -0.05) is 0 Å². The maximum absolute atomic E-state index is 5.39. The van der Waals surface area contributed by atoms with Crippen LogP contribution in [0.4, 0.5) is 0 Å². The summed E-state index contributed by atoms with van der Waals surface area (Å²) in [4.78, 5) is 0. The molecular weight excluding hydrogens is 192 g/mol. The first-order valence-corrected chi connectivity index (χ1v) is 4.85. The van der Waals surface area contributed by atoms with E-state index in [9.17, 15) is 0 Å². The van der Waals surface area contributed by atoms with E-state index >= 15 is 0 Å². The van der Waals surface area contributed by atoms with E-state index in [4.69, 9.17) is 15.2 Å². The standard InChI is InChI=1S/C11H18N2O2/c1-8-4-10(14-2)11(15-3)5-9(8)6-13-7-12/h4-5,13H,6-7,12H2,1-3H3. The molecule has 0 aliphatic carbocycles. The Morgan fingerprint density at radius 1 is 1.20 bits per heavy atom. The van der Waals surface area contributed by atoms with Crippen molar-refractivity contribution in [2.24, 2.45) is 5.73 Å². The first-order valence-electron chi connectivity index (χ1n) is 4.85. The number of nitrogens with two attached hydrogens (primary N) is 1. The molecule has 0 atom stereocenters. The fourth-order valence-corrected chi connectivity index (χ4v) is 1.42. The van der Waals surface area contributed by atoms with Crippen LogP contribution in [0.25, 0.3) is 0 Å². The molecule has 0 saturated carbocycles. The molecule has 0 heterocycles. The van der Waals surface area contributed by atoms with Crippen molar-refractivity contribution in [3.05, 3.63) is 23.3 Å². The lowest BCUT2D eigenvalue weighted by molar-refractivity contribution is 0.354. The molecular formula is C11H18N2O2. The quantitative estimate of drug-likeness (QED) is 0.712. The van der Waals surface area contributed by atoms with Gasteiger partial charge < -0.3 is 20.5 Å². The highest BCUT2D eigenvalue weighted by atomic mass is 16.5. The van der Waals surface area contributed by atoms with Crippen LogP contribution >= 0.6 is 0 Å². The van der Waals surface area contributed by atoms with Gasteiger partial charge in [-0.05, 0) is 30.2 Å². The van der Waals surface area contributed by atoms with Gasteiger partial charge in [0, 0.05) is 13.2 Å². The number of ether oxygens (including phenoxy) is 2. The van der Waals surface area contributed by atoms with Crippen LogP contribution in [0.5, 0.6) is 11.5 Å². The first-order chi connectivity index (χ1) is 7.22. The molecule has 4 heteroatoms. The summed E-state index contributed by atoms with van der Waals surface area (Å²) in [5.74, 6) is 1.50. The second kappa shape index (κ2) is 5.58. The smallest absolute Gasteiger partial charge is 0.161 e. The van der Waals surface area contributed by atoms with Gasteiger partial charge in [0.1, 0.15) is 0 Å². The average molecular weight is 210 g/mol. The number of benzene rings is 1. The van der Waals surface area contributed by atoms with E-state index in [1.165, 1.54) is 0 Å². The van der Waals surface area contributed by atoms with Crippen LogP contribution in [0.2, 0.25) is 0 Å². The van der Waals surface area contributed by atoms with Gasteiger partial charge in [0.05, 0.1) is 14.2 Å². The molecule has 15 heavy (non-hydrogen) atoms. The van der Waals surface area contributed by atoms with Crippen LogP contribution in [0.3, 0.4) is 0 Å². The summed E-state index contributed by atoms with van der Waals surface area (Å²) in [6.07, 6.45) is 0. The molecule has 1 aromatic carbocycles. The fourth-order valence-electron chi connectivity index (χ4n) is 1.42. The number of hydrogen-bond donors (Lipinski definition) is 2. The molecule has 0 bridgehead atoms. The lowest BCUT2D eigenvalue weighted by atomic mass is 10.1. The summed E-state index contributed by atoms with van der Waals surface area (Å²) in [7, 11) is 3.27. The van der Waals surface area contributed by atoms with Crippen molar-refractivity contribution in [2.45, 2.75) is 13.5 Å². The first kappa shape index (κ1) is 11.8. The maximum atomic E-state index is 5.39. The van der Waals surface area contributed by atoms with Crippen molar-refractivity contribution in [3.8, 4) is 11.5 Å². The Labute approximate surface area is 90.4 Å². The lowest BCUT2D eigenvalue weighted by Crippen LogP contribution is -2.22. The van der Waals surface area contributed by atoms with Gasteiger partial charge in [-0.25, -0.2) is 0 Å². The maximum Gasteiger partial charge on any atom is 0.161 e. The van der Waals surface area contributed by atoms with Crippen LogP contribution < -0.4 is 20.5 Å². The third-order valence-corrected chi connectivity index (χ3v) is 2.30. The van der Waals surface area contributed by atoms with E-state index in [1.54, 1.807) is 14.2 Å². The largest absolute Gasteiger partial charge is 0.493 e. The molecule has 0 spiro atoms. The highest BCUT2D eigenvalue weighted by Gasteiger charge is 2.07. The molecule has 4 nitrogen and oxygen atoms in total. The summed E-state index contributed by atoms with van der Waals surface area (Å²) in [6.45, 7) is 3.24. The highest BCUT2D eigenvalue weighted by molar-refractivity contribution is 5.46. The van der Waals surface area contributed by atoms with Gasteiger partial charge in [-0.3, -0.25) is 0 Å². The van der Waals surface area contributed by atoms with E-state index in [1.807, 2.05) is 19.1 Å². The van der Waals surface area contributed by atoms with Gasteiger partial charge in [0.2, 0.25) is 0 Å². The number of hydrogen-bond acceptors (Lipinski definition) is 4. The van der Waals surface area contributed by atoms with Gasteiger partial charge in [0.15, 0.2) is 11.5 Å². The minimum absolute atomic E-state index is 0.466. The van der Waals surface area contributed by atoms with Crippen molar-refractivity contribution in [1.82, 2.24) is 5.32 Å². The lowest BCUT2D eigenvalue weighted by Gasteiger charge is -2.12. The Morgan fingerprint density at radius 2 is 1.80 bits per heavy atom. The zero-order valence-electron chi connectivity index (χ0n) is 9.46. The Kier molecular flexibility index (Phi) is 4.39. The predicted octanol–water partition coefficient (Wildman–Crippen LogP) is 1.02. The minimum Gasteiger partial charge on any atom is -0.493 e. The second-order valence-electron chi connectivity index (χ2n) is 3.26. The third kappa shape index (κ3) is 2.84. The van der Waals surface area contributed by atoms with E-state index in [0.29, 0.717) is 6.67 Å². The molecule has 0 unspecified atom stereocenters. The van der Waals surface area contributed by atoms with Gasteiger partial charge in [-0.2, -0.15) is 0 Å². The molecule has 1 aromatic rings. The molecule has 0 aromatic heterocycles. The van der Waals surface area contributed by atoms with Crippen LogP contribution in [-0.2, 0) is 6.54 Å². The SMILES string of the molecule is COc1cc(C)c(CNCN)cc1OC. The monoisotopic (exact) mass is 210 g/mol. The van der Waals surface area contributed by atoms with Crippen LogP contribution in [0, 0.1) is 6.92 Å². The van der Waals surface area contributed by atoms with E-state index in [2.05, 4.69) is 5.32 Å². The topological polar surface area (TPSA) is 56.5 Å². The Balaban J connectivity index is 2.97. The molecule has 0 amide bonds. The van der Waals surface area contributed by atoms with E-state index in [0.717, 1.165) is 29.2 Å². The Bertz CT molecular complexity index is 327. The normalized spacial score (nSPS) is 10.1. The van der Waals surface area contributed by atoms with Crippen molar-refractivity contribution in [1.29, 1.82) is 0 Å². The van der Waals surface area contributed by atoms with Crippen molar-refractivity contribution in [2.75, 3.05) is 20.9 Å². The zero-order chi connectivity index (χ0) is 11.3. The van der Waals surface area contributed by atoms with Crippen LogP contribution in [-0.4, -0.2) is 20.9 Å². The zero-order valence-corrected chi connectivity index (χ0v) is 9.46. The predicted molar refractivity (Wildman–Crippen MR) is 60.2 cm³/mol. The summed E-state index contributed by atoms with van der Waals surface area (Å²) < 4.78 is 10.4. The van der Waals surface area contributed by atoms with Gasteiger partial charge >= 0.3 is 0 Å². The summed E-state index contributed by atoms with van der Waals surface area (Å²) >= 11 is 0. The van der Waals surface area contributed by atoms with Gasteiger partial charge in [0.25, 0.3) is 0 Å². The average Bonchev–Trinajstić information content (AvgIpc) is 2.27. The Morgan fingerprint density at radius 3 is 2.33 bits per heavy atom. The number of nitrogens with one attached hydrogen (secondary N) is 1. The molecule has 84 valence electrons. The molecule has 3 N–H and O–H groups in total. The number of methoxy groups -OCH3 is 2. The van der Waals surface area contributed by atoms with Gasteiger partial charge in [-0.15, -0.1) is 0 Å². The molecule has 1 rings (SSSR count). The van der Waals surface area contributed by atoms with Crippen molar-refractivity contribution in [3.63, 3.8) is 0 Å². The van der Waals surface area contributed by atoms with Crippen molar-refractivity contribution < 1.29 is 9.47 Å². The molecule has 0 saturated heterocycles. The summed E-state index contributed by atoms with van der Waals surface area (Å²) in [6, 6.07) is 3.93. The summed E-state index contributed by atoms with van der Waals surface area (Å²) in [5.41, 5.74) is 7.71. The number of aryl methyl sites for hydroxylation is 1. The molecule has 0 aliphatic heterocycles. The molecule has 0 aliphatic rings. The van der Waals surface area contributed by atoms with Crippen molar-refractivity contribution >= 4 is 0 Å². The van der Waals surface area contributed by atoms with E-state index < -0.39 is 0 Å². The molecule has 0 fully saturated rings. The number of rotatable bonds is 5. The highest BCUT2D eigenvalue weighted by Crippen LogP contribution is 2.30.